The first-order chi connectivity index (χ1) is 11.8. The lowest BCUT2D eigenvalue weighted by Crippen LogP contribution is -2.27. The molecule has 3 aromatic rings. The smallest absolute Gasteiger partial charge is 0.198 e. The summed E-state index contributed by atoms with van der Waals surface area (Å²) in [6, 6.07) is 9.98. The lowest BCUT2D eigenvalue weighted by Gasteiger charge is -2.22. The molecule has 0 amide bonds. The number of nitrogens with one attached hydrogen (secondary N) is 1. The maximum atomic E-state index is 5.48. The van der Waals surface area contributed by atoms with Crippen LogP contribution in [0.4, 0.5) is 5.82 Å². The van der Waals surface area contributed by atoms with Gasteiger partial charge in [-0.25, -0.2) is 9.97 Å². The van der Waals surface area contributed by atoms with Crippen molar-refractivity contribution in [3.63, 3.8) is 0 Å². The second-order valence-electron chi connectivity index (χ2n) is 7.63. The third-order valence-electron chi connectivity index (χ3n) is 3.63. The van der Waals surface area contributed by atoms with Gasteiger partial charge in [0.1, 0.15) is 5.82 Å². The highest BCUT2D eigenvalue weighted by Crippen LogP contribution is 2.28. The van der Waals surface area contributed by atoms with Gasteiger partial charge in [0.2, 0.25) is 0 Å². The van der Waals surface area contributed by atoms with Crippen LogP contribution in [0.1, 0.15) is 40.2 Å². The zero-order chi connectivity index (χ0) is 18.0. The summed E-state index contributed by atoms with van der Waals surface area (Å²) in [5.74, 6) is 2.60. The summed E-state index contributed by atoms with van der Waals surface area (Å²) in [6.45, 7) is 10.7. The van der Waals surface area contributed by atoms with Gasteiger partial charge in [0.25, 0.3) is 0 Å². The van der Waals surface area contributed by atoms with Gasteiger partial charge in [-0.05, 0) is 56.5 Å². The lowest BCUT2D eigenvalue weighted by molar-refractivity contribution is 0.577. The number of benzene rings is 1. The third-order valence-corrected chi connectivity index (χ3v) is 3.63. The van der Waals surface area contributed by atoms with E-state index in [2.05, 4.69) is 69.2 Å². The van der Waals surface area contributed by atoms with E-state index in [1.807, 2.05) is 18.2 Å². The molecule has 1 aromatic carbocycles. The molecule has 0 aliphatic carbocycles. The van der Waals surface area contributed by atoms with Crippen molar-refractivity contribution >= 4 is 22.8 Å². The molecule has 0 unspecified atom stereocenters. The molecule has 25 heavy (non-hydrogen) atoms. The molecule has 4 heteroatoms. The molecule has 4 nitrogen and oxygen atoms in total. The van der Waals surface area contributed by atoms with Gasteiger partial charge < -0.3 is 9.73 Å². The fourth-order valence-electron chi connectivity index (χ4n) is 2.52. The Bertz CT molecular complexity index is 887. The second-order valence-corrected chi connectivity index (χ2v) is 7.63. The first-order valence-corrected chi connectivity index (χ1v) is 8.64. The number of hydrogen-bond acceptors (Lipinski definition) is 4. The first kappa shape index (κ1) is 17.2. The summed E-state index contributed by atoms with van der Waals surface area (Å²) in [6.07, 6.45) is 5.97. The molecule has 2 heterocycles. The maximum absolute atomic E-state index is 5.48. The number of nitrogens with zero attached hydrogens (tertiary/aromatic N) is 2. The highest BCUT2D eigenvalue weighted by molar-refractivity contribution is 5.92. The van der Waals surface area contributed by atoms with Crippen LogP contribution in [-0.2, 0) is 0 Å². The topological polar surface area (TPSA) is 51.0 Å². The average molecular weight is 335 g/mol. The minimum atomic E-state index is -0.106. The van der Waals surface area contributed by atoms with Gasteiger partial charge in [0.15, 0.2) is 11.6 Å². The lowest BCUT2D eigenvalue weighted by atomic mass is 10.1. The minimum Gasteiger partial charge on any atom is -0.461 e. The Morgan fingerprint density at radius 1 is 1.12 bits per heavy atom. The van der Waals surface area contributed by atoms with E-state index in [0.717, 1.165) is 22.3 Å². The van der Waals surface area contributed by atoms with E-state index >= 15 is 0 Å². The molecule has 0 bridgehead atoms. The van der Waals surface area contributed by atoms with Crippen molar-refractivity contribution in [1.82, 2.24) is 9.97 Å². The van der Waals surface area contributed by atoms with Gasteiger partial charge in [-0.1, -0.05) is 32.1 Å². The average Bonchev–Trinajstić information content (AvgIpc) is 3.05. The van der Waals surface area contributed by atoms with Gasteiger partial charge in [-0.15, -0.1) is 0 Å². The van der Waals surface area contributed by atoms with E-state index in [9.17, 15) is 0 Å². The van der Waals surface area contributed by atoms with E-state index in [1.165, 1.54) is 0 Å². The van der Waals surface area contributed by atoms with Gasteiger partial charge in [-0.3, -0.25) is 0 Å². The Morgan fingerprint density at radius 2 is 1.92 bits per heavy atom. The molecular weight excluding hydrogens is 310 g/mol. The summed E-state index contributed by atoms with van der Waals surface area (Å²) >= 11 is 0. The quantitative estimate of drug-likeness (QED) is 0.657. The monoisotopic (exact) mass is 335 g/mol. The Balaban J connectivity index is 2.15. The van der Waals surface area contributed by atoms with Crippen LogP contribution < -0.4 is 5.32 Å². The largest absolute Gasteiger partial charge is 0.461 e. The Hall–Kier alpha value is -2.62. The first-order valence-electron chi connectivity index (χ1n) is 8.64. The highest BCUT2D eigenvalue weighted by Gasteiger charge is 2.16. The van der Waals surface area contributed by atoms with Crippen molar-refractivity contribution in [1.29, 1.82) is 0 Å². The molecule has 0 saturated heterocycles. The van der Waals surface area contributed by atoms with Gasteiger partial charge in [0.05, 0.1) is 11.8 Å². The Labute approximate surface area is 149 Å². The third kappa shape index (κ3) is 4.27. The van der Waals surface area contributed by atoms with Crippen LogP contribution in [0.5, 0.6) is 0 Å². The molecule has 0 radical (unpaired) electrons. The van der Waals surface area contributed by atoms with Crippen molar-refractivity contribution in [2.75, 3.05) is 5.32 Å². The number of anilines is 1. The second kappa shape index (κ2) is 6.71. The zero-order valence-corrected chi connectivity index (χ0v) is 15.5. The number of fused-ring (bicyclic) bond motifs is 1. The fourth-order valence-corrected chi connectivity index (χ4v) is 2.52. The van der Waals surface area contributed by atoms with Crippen LogP contribution in [0, 0.1) is 5.92 Å². The van der Waals surface area contributed by atoms with Gasteiger partial charge >= 0.3 is 0 Å². The molecule has 0 spiro atoms. The van der Waals surface area contributed by atoms with E-state index in [1.54, 1.807) is 6.26 Å². The zero-order valence-electron chi connectivity index (χ0n) is 15.5. The number of aromatic nitrogens is 2. The highest BCUT2D eigenvalue weighted by atomic mass is 16.3. The van der Waals surface area contributed by atoms with Gasteiger partial charge in [0, 0.05) is 10.9 Å². The molecule has 0 fully saturated rings. The van der Waals surface area contributed by atoms with Crippen molar-refractivity contribution in [3.8, 4) is 11.6 Å². The molecule has 0 atom stereocenters. The minimum absolute atomic E-state index is 0.106. The van der Waals surface area contributed by atoms with Crippen molar-refractivity contribution in [3.05, 3.63) is 48.2 Å². The van der Waals surface area contributed by atoms with Crippen LogP contribution in [0.3, 0.4) is 0 Å². The predicted molar refractivity (Wildman–Crippen MR) is 104 cm³/mol. The molecular formula is C21H25N3O. The number of rotatable bonds is 4. The van der Waals surface area contributed by atoms with Crippen LogP contribution >= 0.6 is 0 Å². The molecule has 2 aromatic heterocycles. The number of hydrogen-bond donors (Lipinski definition) is 1. The van der Waals surface area contributed by atoms with E-state index < -0.39 is 0 Å². The SMILES string of the molecule is CC(C)/C=C/c1ccc2nc(-c3ccco3)nc(NC(C)(C)C)c2c1. The number of furan rings is 1. The fraction of sp³-hybridized carbons (Fsp3) is 0.333. The summed E-state index contributed by atoms with van der Waals surface area (Å²) in [7, 11) is 0. The van der Waals surface area contributed by atoms with Gasteiger partial charge in [-0.2, -0.15) is 0 Å². The molecule has 130 valence electrons. The van der Waals surface area contributed by atoms with Crippen LogP contribution in [0.2, 0.25) is 0 Å². The van der Waals surface area contributed by atoms with E-state index in [4.69, 9.17) is 9.40 Å². The molecule has 3 rings (SSSR count). The Kier molecular flexibility index (Phi) is 4.62. The molecule has 0 aliphatic heterocycles. The standard InChI is InChI=1S/C21H25N3O/c1-14(2)8-9-15-10-11-17-16(13-15)19(24-21(3,4)5)23-20(22-17)18-7-6-12-25-18/h6-14H,1-5H3,(H,22,23,24)/b9-8+. The normalized spacial score (nSPS) is 12.4. The number of allylic oxidation sites excluding steroid dienone is 1. The van der Waals surface area contributed by atoms with Crippen LogP contribution in [-0.4, -0.2) is 15.5 Å². The summed E-state index contributed by atoms with van der Waals surface area (Å²) < 4.78 is 5.48. The summed E-state index contributed by atoms with van der Waals surface area (Å²) in [4.78, 5) is 9.40. The van der Waals surface area contributed by atoms with Crippen LogP contribution in [0.15, 0.2) is 47.1 Å². The maximum Gasteiger partial charge on any atom is 0.198 e. The van der Waals surface area contributed by atoms with Crippen LogP contribution in [0.25, 0.3) is 28.6 Å². The van der Waals surface area contributed by atoms with E-state index in [-0.39, 0.29) is 5.54 Å². The van der Waals surface area contributed by atoms with Crippen molar-refractivity contribution < 1.29 is 4.42 Å². The summed E-state index contributed by atoms with van der Waals surface area (Å²) in [5.41, 5.74) is 1.94. The predicted octanol–water partition coefficient (Wildman–Crippen LogP) is 5.77. The molecule has 1 N–H and O–H groups in total. The Morgan fingerprint density at radius 3 is 2.56 bits per heavy atom. The van der Waals surface area contributed by atoms with Crippen molar-refractivity contribution in [2.45, 2.75) is 40.2 Å². The van der Waals surface area contributed by atoms with Crippen molar-refractivity contribution in [2.24, 2.45) is 5.92 Å². The summed E-state index contributed by atoms with van der Waals surface area (Å²) in [5, 5.41) is 4.51. The van der Waals surface area contributed by atoms with E-state index in [0.29, 0.717) is 17.5 Å². The molecule has 0 saturated carbocycles. The molecule has 0 aliphatic rings.